The van der Waals surface area contributed by atoms with Gasteiger partial charge in [0.25, 0.3) is 0 Å². The predicted molar refractivity (Wildman–Crippen MR) is 76.1 cm³/mol. The molecule has 1 aromatic rings. The van der Waals surface area contributed by atoms with E-state index in [1.165, 1.54) is 0 Å². The molecule has 108 valence electrons. The predicted octanol–water partition coefficient (Wildman–Crippen LogP) is 1.64. The minimum atomic E-state index is -0.266. The van der Waals surface area contributed by atoms with Crippen molar-refractivity contribution in [3.63, 3.8) is 0 Å². The van der Waals surface area contributed by atoms with Crippen molar-refractivity contribution < 1.29 is 14.3 Å². The Morgan fingerprint density at radius 3 is 2.85 bits per heavy atom. The van der Waals surface area contributed by atoms with Gasteiger partial charge in [-0.3, -0.25) is 9.59 Å². The Balaban J connectivity index is 2.03. The fourth-order valence-corrected chi connectivity index (χ4v) is 2.41. The zero-order chi connectivity index (χ0) is 14.5. The van der Waals surface area contributed by atoms with E-state index in [9.17, 15) is 9.59 Å². The summed E-state index contributed by atoms with van der Waals surface area (Å²) in [5.41, 5.74) is 1.68. The maximum Gasteiger partial charge on any atom is 0.229 e. The van der Waals surface area contributed by atoms with E-state index in [-0.39, 0.29) is 17.7 Å². The normalized spacial score (nSPS) is 18.4. The summed E-state index contributed by atoms with van der Waals surface area (Å²) in [6.07, 6.45) is 0.298. The van der Waals surface area contributed by atoms with Crippen LogP contribution < -0.4 is 5.32 Å². The van der Waals surface area contributed by atoms with Gasteiger partial charge in [-0.2, -0.15) is 0 Å². The smallest absolute Gasteiger partial charge is 0.229 e. The van der Waals surface area contributed by atoms with Crippen LogP contribution in [-0.4, -0.2) is 36.9 Å². The number of hydrogen-bond acceptors (Lipinski definition) is 3. The highest BCUT2D eigenvalue weighted by Crippen LogP contribution is 2.21. The first-order valence-electron chi connectivity index (χ1n) is 6.81. The maximum absolute atomic E-state index is 12.2. The molecule has 2 amide bonds. The van der Waals surface area contributed by atoms with Gasteiger partial charge in [0.15, 0.2) is 0 Å². The van der Waals surface area contributed by atoms with Crippen LogP contribution in [0.25, 0.3) is 0 Å². The molecule has 0 aromatic heterocycles. The third kappa shape index (κ3) is 3.17. The second-order valence-corrected chi connectivity index (χ2v) is 4.91. The molecule has 1 unspecified atom stereocenters. The van der Waals surface area contributed by atoms with Crippen LogP contribution in [0.3, 0.4) is 0 Å². The van der Waals surface area contributed by atoms with E-state index in [1.807, 2.05) is 31.2 Å². The Hall–Kier alpha value is -1.88. The third-order valence-corrected chi connectivity index (χ3v) is 3.54. The summed E-state index contributed by atoms with van der Waals surface area (Å²) in [6.45, 7) is 3.53. The lowest BCUT2D eigenvalue weighted by molar-refractivity contribution is -0.128. The number of methoxy groups -OCH3 is 1. The number of hydrogen-bond donors (Lipinski definition) is 1. The van der Waals surface area contributed by atoms with Crippen LogP contribution >= 0.6 is 0 Å². The molecule has 1 atom stereocenters. The molecule has 1 saturated heterocycles. The molecule has 1 aliphatic rings. The first-order chi connectivity index (χ1) is 9.65. The summed E-state index contributed by atoms with van der Waals surface area (Å²) in [7, 11) is 1.62. The number of carbonyl (C=O) groups excluding carboxylic acids is 2. The van der Waals surface area contributed by atoms with Crippen LogP contribution in [0.15, 0.2) is 24.3 Å². The number of ether oxygens (including phenoxy) is 1. The van der Waals surface area contributed by atoms with Crippen LogP contribution in [-0.2, 0) is 20.9 Å². The summed E-state index contributed by atoms with van der Waals surface area (Å²) in [5, 5.41) is 2.90. The van der Waals surface area contributed by atoms with Crippen molar-refractivity contribution in [1.82, 2.24) is 4.90 Å². The van der Waals surface area contributed by atoms with Crippen molar-refractivity contribution in [3.05, 3.63) is 29.8 Å². The lowest BCUT2D eigenvalue weighted by Gasteiger charge is -2.15. The molecule has 0 aliphatic carbocycles. The summed E-state index contributed by atoms with van der Waals surface area (Å²) in [6, 6.07) is 7.53. The van der Waals surface area contributed by atoms with Crippen LogP contribution in [0.5, 0.6) is 0 Å². The van der Waals surface area contributed by atoms with E-state index in [2.05, 4.69) is 5.32 Å². The molecule has 2 rings (SSSR count). The first kappa shape index (κ1) is 14.5. The van der Waals surface area contributed by atoms with E-state index < -0.39 is 0 Å². The van der Waals surface area contributed by atoms with Crippen LogP contribution in [0.1, 0.15) is 18.9 Å². The second kappa shape index (κ2) is 6.52. The average Bonchev–Trinajstić information content (AvgIpc) is 2.82. The number of rotatable bonds is 5. The van der Waals surface area contributed by atoms with Crippen LogP contribution in [0.4, 0.5) is 5.69 Å². The van der Waals surface area contributed by atoms with Crippen molar-refractivity contribution >= 4 is 17.5 Å². The molecule has 20 heavy (non-hydrogen) atoms. The van der Waals surface area contributed by atoms with Crippen molar-refractivity contribution in [2.24, 2.45) is 5.92 Å². The molecular weight excluding hydrogens is 256 g/mol. The van der Waals surface area contributed by atoms with E-state index in [4.69, 9.17) is 4.74 Å². The van der Waals surface area contributed by atoms with Gasteiger partial charge in [0, 0.05) is 37.9 Å². The van der Waals surface area contributed by atoms with E-state index in [0.29, 0.717) is 26.1 Å². The van der Waals surface area contributed by atoms with Crippen molar-refractivity contribution in [3.8, 4) is 0 Å². The number of benzene rings is 1. The lowest BCUT2D eigenvalue weighted by atomic mass is 10.1. The summed E-state index contributed by atoms with van der Waals surface area (Å²) < 4.78 is 5.11. The molecule has 1 aliphatic heterocycles. The lowest BCUT2D eigenvalue weighted by Crippen LogP contribution is -2.28. The summed E-state index contributed by atoms with van der Waals surface area (Å²) >= 11 is 0. The zero-order valence-electron chi connectivity index (χ0n) is 11.9. The van der Waals surface area contributed by atoms with Gasteiger partial charge < -0.3 is 15.0 Å². The largest absolute Gasteiger partial charge is 0.380 e. The van der Waals surface area contributed by atoms with E-state index in [0.717, 1.165) is 11.3 Å². The van der Waals surface area contributed by atoms with Gasteiger partial charge >= 0.3 is 0 Å². The number of nitrogens with one attached hydrogen (secondary N) is 1. The Bertz CT molecular complexity index is 502. The highest BCUT2D eigenvalue weighted by molar-refractivity contribution is 5.97. The van der Waals surface area contributed by atoms with Gasteiger partial charge in [-0.15, -0.1) is 0 Å². The molecular formula is C15H20N2O3. The van der Waals surface area contributed by atoms with Crippen LogP contribution in [0, 0.1) is 5.92 Å². The molecule has 0 spiro atoms. The fourth-order valence-electron chi connectivity index (χ4n) is 2.41. The highest BCUT2D eigenvalue weighted by Gasteiger charge is 2.33. The second-order valence-electron chi connectivity index (χ2n) is 4.91. The van der Waals surface area contributed by atoms with Gasteiger partial charge in [0.05, 0.1) is 12.5 Å². The number of carbonyl (C=O) groups is 2. The van der Waals surface area contributed by atoms with Crippen LogP contribution in [0.2, 0.25) is 0 Å². The SMILES string of the molecule is CCN1CC(C(=O)Nc2ccccc2COC)CC1=O. The minimum absolute atomic E-state index is 0.0535. The molecule has 0 saturated carbocycles. The molecule has 1 fully saturated rings. The fraction of sp³-hybridized carbons (Fsp3) is 0.467. The standard InChI is InChI=1S/C15H20N2O3/c1-3-17-9-12(8-14(17)18)15(19)16-13-7-5-4-6-11(13)10-20-2/h4-7,12H,3,8-10H2,1-2H3,(H,16,19). The highest BCUT2D eigenvalue weighted by atomic mass is 16.5. The summed E-state index contributed by atoms with van der Waals surface area (Å²) in [4.78, 5) is 25.6. The number of anilines is 1. The molecule has 1 aromatic carbocycles. The number of nitrogens with zero attached hydrogens (tertiary/aromatic N) is 1. The zero-order valence-corrected chi connectivity index (χ0v) is 11.9. The quantitative estimate of drug-likeness (QED) is 0.889. The van der Waals surface area contributed by atoms with E-state index in [1.54, 1.807) is 12.0 Å². The topological polar surface area (TPSA) is 58.6 Å². The number of amides is 2. The van der Waals surface area contributed by atoms with Gasteiger partial charge in [0.2, 0.25) is 11.8 Å². The van der Waals surface area contributed by atoms with Gasteiger partial charge in [-0.05, 0) is 13.0 Å². The Morgan fingerprint density at radius 2 is 2.20 bits per heavy atom. The first-order valence-corrected chi connectivity index (χ1v) is 6.81. The average molecular weight is 276 g/mol. The number of para-hydroxylation sites is 1. The maximum atomic E-state index is 12.2. The minimum Gasteiger partial charge on any atom is -0.380 e. The van der Waals surface area contributed by atoms with Crippen molar-refractivity contribution in [2.45, 2.75) is 20.0 Å². The van der Waals surface area contributed by atoms with E-state index >= 15 is 0 Å². The molecule has 0 radical (unpaired) electrons. The Labute approximate surface area is 118 Å². The monoisotopic (exact) mass is 276 g/mol. The number of likely N-dealkylation sites (tertiary alicyclic amines) is 1. The molecule has 5 heteroatoms. The van der Waals surface area contributed by atoms with Gasteiger partial charge in [0.1, 0.15) is 0 Å². The Kier molecular flexibility index (Phi) is 4.74. The Morgan fingerprint density at radius 1 is 1.45 bits per heavy atom. The van der Waals surface area contributed by atoms with Gasteiger partial charge in [-0.25, -0.2) is 0 Å². The van der Waals surface area contributed by atoms with Gasteiger partial charge in [-0.1, -0.05) is 18.2 Å². The molecule has 1 heterocycles. The van der Waals surface area contributed by atoms with Crippen molar-refractivity contribution in [2.75, 3.05) is 25.5 Å². The third-order valence-electron chi connectivity index (χ3n) is 3.54. The molecule has 1 N–H and O–H groups in total. The molecule has 5 nitrogen and oxygen atoms in total. The molecule has 0 bridgehead atoms. The summed E-state index contributed by atoms with van der Waals surface area (Å²) in [5.74, 6) is -0.311. The van der Waals surface area contributed by atoms with Crippen molar-refractivity contribution in [1.29, 1.82) is 0 Å².